The first kappa shape index (κ1) is 11.1. The molecular formula is C20H26N2O. The minimum Gasteiger partial charge on any atom is -0.497 e. The summed E-state index contributed by atoms with van der Waals surface area (Å²) in [5.41, 5.74) is 3.89. The van der Waals surface area contributed by atoms with E-state index in [0.29, 0.717) is 17.7 Å². The highest BCUT2D eigenvalue weighted by Gasteiger charge is 2.48. The van der Waals surface area contributed by atoms with Crippen LogP contribution < -0.4 is 4.74 Å². The number of nitrogens with zero attached hydrogens (tertiary/aromatic N) is 1. The summed E-state index contributed by atoms with van der Waals surface area (Å²) in [5.74, 6) is 2.64. The van der Waals surface area contributed by atoms with E-state index in [1.165, 1.54) is 37.1 Å². The zero-order chi connectivity index (χ0) is 18.1. The number of benzene rings is 1. The molecule has 3 fully saturated rings. The van der Waals surface area contributed by atoms with Gasteiger partial charge in [-0.25, -0.2) is 0 Å². The number of nitrogens with one attached hydrogen (secondary N) is 1. The minimum atomic E-state index is -2.41. The lowest BCUT2D eigenvalue weighted by molar-refractivity contribution is -0.0134. The van der Waals surface area contributed by atoms with Gasteiger partial charge in [-0.1, -0.05) is 13.3 Å². The molecule has 3 nitrogen and oxygen atoms in total. The first-order valence-corrected chi connectivity index (χ1v) is 9.00. The van der Waals surface area contributed by atoms with Crippen LogP contribution in [0.5, 0.6) is 5.75 Å². The van der Waals surface area contributed by atoms with Crippen molar-refractivity contribution in [3.63, 3.8) is 0 Å². The lowest BCUT2D eigenvalue weighted by atomic mass is 9.65. The van der Waals surface area contributed by atoms with E-state index in [2.05, 4.69) is 16.8 Å². The summed E-state index contributed by atoms with van der Waals surface area (Å²) in [6.07, 6.45) is 4.97. The van der Waals surface area contributed by atoms with E-state index >= 15 is 0 Å². The lowest BCUT2D eigenvalue weighted by Gasteiger charge is -2.53. The zero-order valence-corrected chi connectivity index (χ0v) is 13.6. The normalized spacial score (nSPS) is 37.6. The molecule has 0 spiro atoms. The summed E-state index contributed by atoms with van der Waals surface area (Å²) >= 11 is 0. The van der Waals surface area contributed by atoms with Crippen molar-refractivity contribution in [3.8, 4) is 5.75 Å². The third kappa shape index (κ3) is 1.92. The molecule has 4 heterocycles. The standard InChI is InChI=1S/C20H26N2O/c1-3-13-8-12-9-17-19-15(6-7-22(11-12)20(13)17)16-10-14(23-2)4-5-18(16)21-19/h4-5,10,12-13,17,20-21H,3,6-9,11H2,1-2H3/t12-,13+,17+,20+/m1/s1/i2D3. The van der Waals surface area contributed by atoms with Crippen LogP contribution in [-0.4, -0.2) is 36.1 Å². The molecule has 2 saturated heterocycles. The number of H-pyrrole nitrogens is 1. The highest BCUT2D eigenvalue weighted by atomic mass is 16.5. The number of methoxy groups -OCH3 is 1. The van der Waals surface area contributed by atoms with Crippen molar-refractivity contribution in [2.24, 2.45) is 11.8 Å². The molecule has 3 aliphatic heterocycles. The second kappa shape index (κ2) is 5.01. The Hall–Kier alpha value is -1.48. The van der Waals surface area contributed by atoms with Gasteiger partial charge in [-0.2, -0.15) is 0 Å². The van der Waals surface area contributed by atoms with Crippen LogP contribution in [0.2, 0.25) is 0 Å². The van der Waals surface area contributed by atoms with E-state index < -0.39 is 7.04 Å². The summed E-state index contributed by atoms with van der Waals surface area (Å²) in [5, 5.41) is 1.14. The highest BCUT2D eigenvalue weighted by Crippen LogP contribution is 2.51. The summed E-state index contributed by atoms with van der Waals surface area (Å²) in [4.78, 5) is 6.44. The molecule has 0 radical (unpaired) electrons. The molecule has 6 rings (SSSR count). The summed E-state index contributed by atoms with van der Waals surface area (Å²) in [7, 11) is -2.41. The van der Waals surface area contributed by atoms with E-state index in [0.717, 1.165) is 35.7 Å². The molecule has 3 heteroatoms. The molecule has 122 valence electrons. The topological polar surface area (TPSA) is 28.3 Å². The van der Waals surface area contributed by atoms with Crippen LogP contribution in [0.3, 0.4) is 0 Å². The number of rotatable bonds is 2. The molecule has 4 bridgehead atoms. The molecular weight excluding hydrogens is 284 g/mol. The van der Waals surface area contributed by atoms with Gasteiger partial charge in [-0.05, 0) is 54.9 Å². The molecule has 1 aliphatic carbocycles. The summed E-state index contributed by atoms with van der Waals surface area (Å²) in [6, 6.07) is 6.31. The maximum atomic E-state index is 7.36. The van der Waals surface area contributed by atoms with Crippen molar-refractivity contribution < 1.29 is 8.85 Å². The Morgan fingerprint density at radius 3 is 3.22 bits per heavy atom. The van der Waals surface area contributed by atoms with Gasteiger partial charge in [0.15, 0.2) is 0 Å². The molecule has 1 N–H and O–H groups in total. The smallest absolute Gasteiger partial charge is 0.119 e. The van der Waals surface area contributed by atoms with Crippen LogP contribution in [0.1, 0.15) is 47.5 Å². The fourth-order valence-corrected chi connectivity index (χ4v) is 5.74. The van der Waals surface area contributed by atoms with Crippen LogP contribution >= 0.6 is 0 Å². The third-order valence-corrected chi connectivity index (χ3v) is 6.61. The summed E-state index contributed by atoms with van der Waals surface area (Å²) < 4.78 is 27.2. The van der Waals surface area contributed by atoms with Gasteiger partial charge in [-0.3, -0.25) is 4.90 Å². The van der Waals surface area contributed by atoms with Crippen LogP contribution in [0.4, 0.5) is 0 Å². The fourth-order valence-electron chi connectivity index (χ4n) is 5.74. The van der Waals surface area contributed by atoms with Crippen LogP contribution in [0, 0.1) is 11.8 Å². The van der Waals surface area contributed by atoms with E-state index in [1.54, 1.807) is 6.07 Å². The Bertz CT molecular complexity index is 843. The van der Waals surface area contributed by atoms with Gasteiger partial charge in [0, 0.05) is 41.6 Å². The van der Waals surface area contributed by atoms with Crippen molar-refractivity contribution in [1.82, 2.24) is 9.88 Å². The van der Waals surface area contributed by atoms with Gasteiger partial charge < -0.3 is 9.72 Å². The maximum absolute atomic E-state index is 7.36. The maximum Gasteiger partial charge on any atom is 0.119 e. The minimum absolute atomic E-state index is 0.430. The van der Waals surface area contributed by atoms with Crippen molar-refractivity contribution >= 4 is 10.9 Å². The quantitative estimate of drug-likeness (QED) is 0.909. The highest BCUT2D eigenvalue weighted by molar-refractivity contribution is 5.86. The van der Waals surface area contributed by atoms with E-state index in [9.17, 15) is 0 Å². The van der Waals surface area contributed by atoms with Gasteiger partial charge in [-0.15, -0.1) is 0 Å². The third-order valence-electron chi connectivity index (χ3n) is 6.61. The lowest BCUT2D eigenvalue weighted by Crippen LogP contribution is -2.56. The average Bonchev–Trinajstić information content (AvgIpc) is 2.91. The number of fused-ring (bicyclic) bond motifs is 4. The molecule has 1 saturated carbocycles. The molecule has 0 amide bonds. The Kier molecular flexibility index (Phi) is 2.42. The number of ether oxygens (including phenoxy) is 1. The zero-order valence-electron chi connectivity index (χ0n) is 16.6. The van der Waals surface area contributed by atoms with Gasteiger partial charge in [0.25, 0.3) is 0 Å². The van der Waals surface area contributed by atoms with E-state index in [4.69, 9.17) is 8.85 Å². The fraction of sp³-hybridized carbons (Fsp3) is 0.600. The van der Waals surface area contributed by atoms with Gasteiger partial charge in [0.05, 0.1) is 11.2 Å². The Morgan fingerprint density at radius 2 is 2.35 bits per heavy atom. The predicted octanol–water partition coefficient (Wildman–Crippen LogP) is 3.94. The number of aromatic amines is 1. The van der Waals surface area contributed by atoms with Gasteiger partial charge in [0.1, 0.15) is 5.75 Å². The van der Waals surface area contributed by atoms with Crippen molar-refractivity contribution in [2.45, 2.75) is 44.6 Å². The Morgan fingerprint density at radius 1 is 1.39 bits per heavy atom. The summed E-state index contributed by atoms with van der Waals surface area (Å²) in [6.45, 7) is 4.70. The van der Waals surface area contributed by atoms with Crippen molar-refractivity contribution in [1.29, 1.82) is 0 Å². The Balaban J connectivity index is 1.59. The number of aromatic nitrogens is 1. The van der Waals surface area contributed by atoms with Crippen LogP contribution in [-0.2, 0) is 6.42 Å². The van der Waals surface area contributed by atoms with Gasteiger partial charge >= 0.3 is 0 Å². The molecule has 23 heavy (non-hydrogen) atoms. The van der Waals surface area contributed by atoms with Crippen molar-refractivity contribution in [3.05, 3.63) is 29.5 Å². The first-order valence-electron chi connectivity index (χ1n) is 10.5. The number of piperidine rings is 2. The SMILES string of the molecule is [2H]C([2H])([2H])Oc1ccc2[nH]c3c(c2c1)CCN1C[C@@H]2C[C@H](CC)[C@H]1[C@H]3C2. The monoisotopic (exact) mass is 313 g/mol. The molecule has 4 aliphatic rings. The number of hydrogen-bond donors (Lipinski definition) is 1. The molecule has 2 aromatic rings. The molecule has 1 aromatic heterocycles. The Labute approximate surface area is 142 Å². The van der Waals surface area contributed by atoms with Crippen LogP contribution in [0.15, 0.2) is 18.2 Å². The largest absolute Gasteiger partial charge is 0.497 e. The first-order chi connectivity index (χ1) is 12.4. The second-order valence-corrected chi connectivity index (χ2v) is 7.67. The van der Waals surface area contributed by atoms with Crippen LogP contribution in [0.25, 0.3) is 10.9 Å². The predicted molar refractivity (Wildman–Crippen MR) is 93.2 cm³/mol. The average molecular weight is 313 g/mol. The number of hydrogen-bond acceptors (Lipinski definition) is 2. The van der Waals surface area contributed by atoms with Gasteiger partial charge in [0.2, 0.25) is 0 Å². The van der Waals surface area contributed by atoms with E-state index in [-0.39, 0.29) is 0 Å². The molecule has 1 unspecified atom stereocenters. The molecule has 1 aromatic carbocycles. The molecule has 5 atom stereocenters. The van der Waals surface area contributed by atoms with Crippen molar-refractivity contribution in [2.75, 3.05) is 20.1 Å². The van der Waals surface area contributed by atoms with E-state index in [1.807, 2.05) is 12.1 Å². The second-order valence-electron chi connectivity index (χ2n) is 7.67.